The molecule has 2 aromatic rings. The number of nitrogens with zero attached hydrogens (tertiary/aromatic N) is 1. The number of hydrogen-bond donors (Lipinski definition) is 0. The van der Waals surface area contributed by atoms with Crippen LogP contribution in [0.25, 0.3) is 0 Å². The maximum atomic E-state index is 13.1. The molecular formula is C26H33NO2. The van der Waals surface area contributed by atoms with Gasteiger partial charge in [-0.05, 0) is 43.7 Å². The van der Waals surface area contributed by atoms with Crippen LogP contribution in [0.15, 0.2) is 60.7 Å². The van der Waals surface area contributed by atoms with E-state index >= 15 is 0 Å². The molecule has 1 heterocycles. The van der Waals surface area contributed by atoms with Crippen LogP contribution in [0.4, 0.5) is 0 Å². The first-order valence-electron chi connectivity index (χ1n) is 11.2. The van der Waals surface area contributed by atoms with Gasteiger partial charge in [-0.1, -0.05) is 79.9 Å². The molecule has 1 aliphatic carbocycles. The van der Waals surface area contributed by atoms with Gasteiger partial charge in [-0.2, -0.15) is 0 Å². The second kappa shape index (κ2) is 9.13. The molecule has 154 valence electrons. The molecule has 3 nitrogen and oxygen atoms in total. The smallest absolute Gasteiger partial charge is 0.317 e. The van der Waals surface area contributed by atoms with Crippen LogP contribution in [-0.4, -0.2) is 35.6 Å². The zero-order valence-electron chi connectivity index (χ0n) is 17.6. The third-order valence-electron chi connectivity index (χ3n) is 7.03. The highest BCUT2D eigenvalue weighted by atomic mass is 16.5. The molecule has 1 saturated carbocycles. The molecule has 3 heteroatoms. The number of likely N-dealkylation sites (tertiary alicyclic amines) is 1. The monoisotopic (exact) mass is 391 g/mol. The first kappa shape index (κ1) is 20.2. The standard InChI is InChI=1S/C26H33NO2/c1-21-15-18-26(16-9-4-10-17-26)27(21)19-20-29-25(28)24(22-11-5-2-6-12-22)23-13-7-3-8-14-23/h2-3,5-8,11-14,21,24H,4,9-10,15-20H2,1H3. The summed E-state index contributed by atoms with van der Waals surface area (Å²) in [7, 11) is 0. The molecule has 1 saturated heterocycles. The average Bonchev–Trinajstić information content (AvgIpc) is 3.05. The fourth-order valence-electron chi connectivity index (χ4n) is 5.53. The number of ether oxygens (including phenoxy) is 1. The lowest BCUT2D eigenvalue weighted by atomic mass is 9.80. The summed E-state index contributed by atoms with van der Waals surface area (Å²) >= 11 is 0. The normalized spacial score (nSPS) is 21.5. The molecule has 29 heavy (non-hydrogen) atoms. The summed E-state index contributed by atoms with van der Waals surface area (Å²) in [5.41, 5.74) is 2.34. The lowest BCUT2D eigenvalue weighted by Gasteiger charge is -2.43. The summed E-state index contributed by atoms with van der Waals surface area (Å²) in [5.74, 6) is -0.510. The minimum Gasteiger partial charge on any atom is -0.464 e. The molecule has 2 fully saturated rings. The number of rotatable bonds is 6. The number of carbonyl (C=O) groups is 1. The Morgan fingerprint density at radius 1 is 0.966 bits per heavy atom. The highest BCUT2D eigenvalue weighted by molar-refractivity contribution is 5.82. The van der Waals surface area contributed by atoms with Crippen LogP contribution < -0.4 is 0 Å². The Labute approximate surface area is 175 Å². The molecule has 0 aromatic heterocycles. The van der Waals surface area contributed by atoms with Gasteiger partial charge in [-0.25, -0.2) is 0 Å². The van der Waals surface area contributed by atoms with Crippen molar-refractivity contribution in [3.8, 4) is 0 Å². The van der Waals surface area contributed by atoms with Gasteiger partial charge in [0.2, 0.25) is 0 Å². The fourth-order valence-corrected chi connectivity index (χ4v) is 5.53. The number of carbonyl (C=O) groups excluding carboxylic acids is 1. The summed E-state index contributed by atoms with van der Waals surface area (Å²) in [6, 6.07) is 20.5. The van der Waals surface area contributed by atoms with Crippen molar-refractivity contribution in [1.29, 1.82) is 0 Å². The van der Waals surface area contributed by atoms with Gasteiger partial charge in [0.1, 0.15) is 12.5 Å². The van der Waals surface area contributed by atoms with Gasteiger partial charge in [0.25, 0.3) is 0 Å². The average molecular weight is 392 g/mol. The van der Waals surface area contributed by atoms with E-state index in [-0.39, 0.29) is 11.9 Å². The Hall–Kier alpha value is -2.13. The van der Waals surface area contributed by atoms with Gasteiger partial charge in [0, 0.05) is 18.1 Å². The van der Waals surface area contributed by atoms with E-state index in [9.17, 15) is 4.79 Å². The molecule has 0 radical (unpaired) electrons. The Morgan fingerprint density at radius 2 is 1.55 bits per heavy atom. The molecular weight excluding hydrogens is 358 g/mol. The predicted octanol–water partition coefficient (Wildman–Crippen LogP) is 5.55. The highest BCUT2D eigenvalue weighted by Crippen LogP contribution is 2.44. The number of benzene rings is 2. The van der Waals surface area contributed by atoms with Crippen molar-refractivity contribution in [3.05, 3.63) is 71.8 Å². The van der Waals surface area contributed by atoms with Crippen molar-refractivity contribution in [3.63, 3.8) is 0 Å². The minimum absolute atomic E-state index is 0.146. The van der Waals surface area contributed by atoms with Crippen LogP contribution in [0.1, 0.15) is 68.9 Å². The first-order valence-corrected chi connectivity index (χ1v) is 11.2. The molecule has 2 aromatic carbocycles. The molecule has 4 rings (SSSR count). The third kappa shape index (κ3) is 4.40. The van der Waals surface area contributed by atoms with Crippen molar-refractivity contribution in [2.24, 2.45) is 0 Å². The van der Waals surface area contributed by atoms with E-state index in [2.05, 4.69) is 11.8 Å². The lowest BCUT2D eigenvalue weighted by molar-refractivity contribution is -0.145. The van der Waals surface area contributed by atoms with Crippen molar-refractivity contribution >= 4 is 5.97 Å². The molecule has 1 atom stereocenters. The quantitative estimate of drug-likeness (QED) is 0.605. The third-order valence-corrected chi connectivity index (χ3v) is 7.03. The summed E-state index contributed by atoms with van der Waals surface area (Å²) in [6.07, 6.45) is 9.24. The Morgan fingerprint density at radius 3 is 2.14 bits per heavy atom. The van der Waals surface area contributed by atoms with E-state index in [0.29, 0.717) is 18.2 Å². The van der Waals surface area contributed by atoms with E-state index in [4.69, 9.17) is 4.74 Å². The fraction of sp³-hybridized carbons (Fsp3) is 0.500. The Kier molecular flexibility index (Phi) is 6.34. The van der Waals surface area contributed by atoms with Crippen LogP contribution in [0.3, 0.4) is 0 Å². The topological polar surface area (TPSA) is 29.5 Å². The molecule has 1 spiro atoms. The molecule has 1 unspecified atom stereocenters. The van der Waals surface area contributed by atoms with Crippen molar-refractivity contribution in [1.82, 2.24) is 4.90 Å². The highest BCUT2D eigenvalue weighted by Gasteiger charge is 2.44. The van der Waals surface area contributed by atoms with Crippen LogP contribution >= 0.6 is 0 Å². The van der Waals surface area contributed by atoms with Gasteiger partial charge >= 0.3 is 5.97 Å². The Bertz CT molecular complexity index is 738. The SMILES string of the molecule is CC1CCC2(CCCCC2)N1CCOC(=O)C(c1ccccc1)c1ccccc1. The summed E-state index contributed by atoms with van der Waals surface area (Å²) in [5, 5.41) is 0. The second-order valence-corrected chi connectivity index (χ2v) is 8.79. The van der Waals surface area contributed by atoms with Crippen LogP contribution in [0, 0.1) is 0 Å². The van der Waals surface area contributed by atoms with Gasteiger partial charge in [-0.3, -0.25) is 9.69 Å². The minimum atomic E-state index is -0.364. The van der Waals surface area contributed by atoms with E-state index in [0.717, 1.165) is 17.7 Å². The summed E-state index contributed by atoms with van der Waals surface area (Å²) in [4.78, 5) is 15.8. The number of esters is 1. The lowest BCUT2D eigenvalue weighted by Crippen LogP contribution is -2.49. The van der Waals surface area contributed by atoms with Crippen LogP contribution in [0.2, 0.25) is 0 Å². The van der Waals surface area contributed by atoms with E-state index in [1.807, 2.05) is 60.7 Å². The van der Waals surface area contributed by atoms with Crippen molar-refractivity contribution in [2.75, 3.05) is 13.2 Å². The second-order valence-electron chi connectivity index (χ2n) is 8.79. The van der Waals surface area contributed by atoms with E-state index in [1.54, 1.807) is 0 Å². The summed E-state index contributed by atoms with van der Waals surface area (Å²) < 4.78 is 5.88. The van der Waals surface area contributed by atoms with Gasteiger partial charge in [-0.15, -0.1) is 0 Å². The summed E-state index contributed by atoms with van der Waals surface area (Å²) in [6.45, 7) is 3.66. The number of hydrogen-bond acceptors (Lipinski definition) is 3. The van der Waals surface area contributed by atoms with Gasteiger partial charge < -0.3 is 4.74 Å². The Balaban J connectivity index is 1.43. The van der Waals surface area contributed by atoms with Crippen LogP contribution in [-0.2, 0) is 9.53 Å². The van der Waals surface area contributed by atoms with Gasteiger partial charge in [0.15, 0.2) is 0 Å². The van der Waals surface area contributed by atoms with E-state index in [1.165, 1.54) is 44.9 Å². The van der Waals surface area contributed by atoms with Gasteiger partial charge in [0.05, 0.1) is 0 Å². The molecule has 0 bridgehead atoms. The maximum absolute atomic E-state index is 13.1. The zero-order valence-corrected chi connectivity index (χ0v) is 17.6. The van der Waals surface area contributed by atoms with E-state index < -0.39 is 0 Å². The molecule has 1 aliphatic heterocycles. The zero-order chi connectivity index (χ0) is 20.1. The van der Waals surface area contributed by atoms with Crippen molar-refractivity contribution < 1.29 is 9.53 Å². The molecule has 2 aliphatic rings. The van der Waals surface area contributed by atoms with Crippen molar-refractivity contribution in [2.45, 2.75) is 69.4 Å². The molecule has 0 N–H and O–H groups in total. The van der Waals surface area contributed by atoms with Crippen LogP contribution in [0.5, 0.6) is 0 Å². The first-order chi connectivity index (χ1) is 14.2. The largest absolute Gasteiger partial charge is 0.464 e. The maximum Gasteiger partial charge on any atom is 0.317 e. The molecule has 0 amide bonds. The predicted molar refractivity (Wildman–Crippen MR) is 117 cm³/mol.